The topological polar surface area (TPSA) is 79.0 Å². The van der Waals surface area contributed by atoms with Gasteiger partial charge in [0.05, 0.1) is 13.4 Å². The molecule has 0 unspecified atom stereocenters. The number of methoxy groups -OCH3 is 1. The van der Waals surface area contributed by atoms with E-state index in [1.54, 1.807) is 7.11 Å². The van der Waals surface area contributed by atoms with Gasteiger partial charge in [0.1, 0.15) is 5.75 Å². The molecule has 2 rings (SSSR count). The van der Waals surface area contributed by atoms with Crippen LogP contribution in [0.2, 0.25) is 0 Å². The predicted molar refractivity (Wildman–Crippen MR) is 98.4 cm³/mol. The highest BCUT2D eigenvalue weighted by Crippen LogP contribution is 2.20. The lowest BCUT2D eigenvalue weighted by Crippen LogP contribution is -2.43. The summed E-state index contributed by atoms with van der Waals surface area (Å²) in [5, 5.41) is 2.96. The maximum atomic E-state index is 12.2. The summed E-state index contributed by atoms with van der Waals surface area (Å²) in [5.41, 5.74) is 1.05. The third-order valence-electron chi connectivity index (χ3n) is 4.55. The summed E-state index contributed by atoms with van der Waals surface area (Å²) in [6, 6.07) is 7.75. The van der Waals surface area contributed by atoms with Crippen molar-refractivity contribution in [3.63, 3.8) is 0 Å². The molecule has 0 spiro atoms. The lowest BCUT2D eigenvalue weighted by atomic mass is 9.97. The molecule has 1 saturated heterocycles. The summed E-state index contributed by atoms with van der Waals surface area (Å²) < 4.78 is 29.6. The first-order valence-corrected chi connectivity index (χ1v) is 10.2. The fourth-order valence-electron chi connectivity index (χ4n) is 2.91. The quantitative estimate of drug-likeness (QED) is 0.773. The number of piperidine rings is 1. The lowest BCUT2D eigenvalue weighted by molar-refractivity contribution is -0.126. The number of anilines is 1. The Labute approximate surface area is 150 Å². The fraction of sp³-hybridized carbons (Fsp3) is 0.588. The number of nitrogens with one attached hydrogen (secondary N) is 1. The van der Waals surface area contributed by atoms with Gasteiger partial charge in [0.2, 0.25) is 15.9 Å². The van der Waals surface area contributed by atoms with Crippen molar-refractivity contribution in [3.8, 4) is 5.75 Å². The first-order chi connectivity index (χ1) is 11.8. The number of benzene rings is 1. The molecule has 0 aromatic heterocycles. The number of carbonyl (C=O) groups excluding carboxylic acids is 1. The molecule has 140 valence electrons. The summed E-state index contributed by atoms with van der Waals surface area (Å²) in [7, 11) is 0.452. The van der Waals surface area contributed by atoms with Crippen molar-refractivity contribution in [1.82, 2.24) is 9.62 Å². The highest BCUT2D eigenvalue weighted by Gasteiger charge is 2.28. The second-order valence-electron chi connectivity index (χ2n) is 6.35. The molecule has 1 aliphatic heterocycles. The smallest absolute Gasteiger partial charge is 0.223 e. The monoisotopic (exact) mass is 369 g/mol. The molecule has 1 aromatic carbocycles. The van der Waals surface area contributed by atoms with Gasteiger partial charge in [0.15, 0.2) is 0 Å². The molecule has 0 bridgehead atoms. The standard InChI is InChI=1S/C17H27N3O4S/c1-19(15-4-6-16(24-2)7-5-15)13-10-18-17(21)14-8-11-20(12-9-14)25(3,22)23/h4-7,14H,8-13H2,1-3H3,(H,18,21). The zero-order valence-corrected chi connectivity index (χ0v) is 15.9. The van der Waals surface area contributed by atoms with Crippen LogP contribution in [0, 0.1) is 5.92 Å². The van der Waals surface area contributed by atoms with E-state index >= 15 is 0 Å². The Morgan fingerprint density at radius 3 is 2.40 bits per heavy atom. The normalized spacial score (nSPS) is 16.4. The van der Waals surface area contributed by atoms with Crippen LogP contribution in [0.4, 0.5) is 5.69 Å². The van der Waals surface area contributed by atoms with Gasteiger partial charge in [-0.05, 0) is 37.1 Å². The molecule has 8 heteroatoms. The van der Waals surface area contributed by atoms with Gasteiger partial charge in [-0.2, -0.15) is 0 Å². The number of ether oxygens (including phenoxy) is 1. The van der Waals surface area contributed by atoms with Gasteiger partial charge in [0.25, 0.3) is 0 Å². The molecule has 1 heterocycles. The highest BCUT2D eigenvalue weighted by molar-refractivity contribution is 7.88. The van der Waals surface area contributed by atoms with Crippen LogP contribution in [0.3, 0.4) is 0 Å². The molecular weight excluding hydrogens is 342 g/mol. The number of sulfonamides is 1. The summed E-state index contributed by atoms with van der Waals surface area (Å²) >= 11 is 0. The lowest BCUT2D eigenvalue weighted by Gasteiger charge is -2.29. The second-order valence-corrected chi connectivity index (χ2v) is 8.33. The van der Waals surface area contributed by atoms with Crippen LogP contribution in [0.5, 0.6) is 5.75 Å². The molecule has 25 heavy (non-hydrogen) atoms. The Bertz CT molecular complexity index is 668. The minimum Gasteiger partial charge on any atom is -0.497 e. The fourth-order valence-corrected chi connectivity index (χ4v) is 3.78. The number of hydrogen-bond acceptors (Lipinski definition) is 5. The van der Waals surface area contributed by atoms with Crippen LogP contribution < -0.4 is 15.0 Å². The Hall–Kier alpha value is -1.80. The van der Waals surface area contributed by atoms with Crippen LogP contribution in [0.15, 0.2) is 24.3 Å². The molecule has 1 fully saturated rings. The average Bonchev–Trinajstić information content (AvgIpc) is 2.61. The molecule has 0 saturated carbocycles. The minimum atomic E-state index is -3.15. The van der Waals surface area contributed by atoms with Crippen LogP contribution in [-0.2, 0) is 14.8 Å². The molecule has 1 N–H and O–H groups in total. The Morgan fingerprint density at radius 1 is 1.28 bits per heavy atom. The van der Waals surface area contributed by atoms with Gasteiger partial charge in [-0.1, -0.05) is 0 Å². The van der Waals surface area contributed by atoms with E-state index in [0.29, 0.717) is 39.0 Å². The third-order valence-corrected chi connectivity index (χ3v) is 5.86. The van der Waals surface area contributed by atoms with Gasteiger partial charge in [-0.3, -0.25) is 4.79 Å². The summed E-state index contributed by atoms with van der Waals surface area (Å²) in [6.45, 7) is 2.08. The maximum Gasteiger partial charge on any atom is 0.223 e. The van der Waals surface area contributed by atoms with E-state index in [2.05, 4.69) is 10.2 Å². The van der Waals surface area contributed by atoms with Crippen LogP contribution >= 0.6 is 0 Å². The first-order valence-electron chi connectivity index (χ1n) is 8.39. The van der Waals surface area contributed by atoms with Gasteiger partial charge < -0.3 is 15.0 Å². The van der Waals surface area contributed by atoms with Crippen LogP contribution in [0.25, 0.3) is 0 Å². The largest absolute Gasteiger partial charge is 0.497 e. The maximum absolute atomic E-state index is 12.2. The van der Waals surface area contributed by atoms with Crippen molar-refractivity contribution in [3.05, 3.63) is 24.3 Å². The van der Waals surface area contributed by atoms with Gasteiger partial charge in [-0.25, -0.2) is 12.7 Å². The molecule has 1 aromatic rings. The van der Waals surface area contributed by atoms with Gasteiger partial charge >= 0.3 is 0 Å². The molecule has 0 atom stereocenters. The van der Waals surface area contributed by atoms with Crippen molar-refractivity contribution in [2.45, 2.75) is 12.8 Å². The van der Waals surface area contributed by atoms with Gasteiger partial charge in [-0.15, -0.1) is 0 Å². The second kappa shape index (κ2) is 8.53. The van der Waals surface area contributed by atoms with E-state index in [-0.39, 0.29) is 11.8 Å². The molecule has 1 aliphatic rings. The molecular formula is C17H27N3O4S. The summed E-state index contributed by atoms with van der Waals surface area (Å²) in [6.07, 6.45) is 2.36. The SMILES string of the molecule is COc1ccc(N(C)CCNC(=O)C2CCN(S(C)(=O)=O)CC2)cc1. The minimum absolute atomic E-state index is 0.0104. The number of hydrogen-bond donors (Lipinski definition) is 1. The van der Waals surface area contributed by atoms with E-state index < -0.39 is 10.0 Å². The molecule has 1 amide bonds. The van der Waals surface area contributed by atoms with E-state index in [9.17, 15) is 13.2 Å². The summed E-state index contributed by atoms with van der Waals surface area (Å²) in [5.74, 6) is 0.714. The predicted octanol–water partition coefficient (Wildman–Crippen LogP) is 0.919. The number of amides is 1. The summed E-state index contributed by atoms with van der Waals surface area (Å²) in [4.78, 5) is 14.3. The number of likely N-dealkylation sites (N-methyl/N-ethyl adjacent to an activating group) is 1. The number of carbonyl (C=O) groups is 1. The number of nitrogens with zero attached hydrogens (tertiary/aromatic N) is 2. The average molecular weight is 369 g/mol. The highest BCUT2D eigenvalue weighted by atomic mass is 32.2. The van der Waals surface area contributed by atoms with Crippen molar-refractivity contribution in [1.29, 1.82) is 0 Å². The Morgan fingerprint density at radius 2 is 1.88 bits per heavy atom. The molecule has 0 radical (unpaired) electrons. The van der Waals surface area contributed by atoms with E-state index in [1.165, 1.54) is 10.6 Å². The molecule has 7 nitrogen and oxygen atoms in total. The third kappa shape index (κ3) is 5.61. The van der Waals surface area contributed by atoms with Crippen molar-refractivity contribution in [2.75, 3.05) is 51.5 Å². The van der Waals surface area contributed by atoms with Crippen molar-refractivity contribution < 1.29 is 17.9 Å². The number of rotatable bonds is 7. The van der Waals surface area contributed by atoms with Crippen molar-refractivity contribution in [2.24, 2.45) is 5.92 Å². The Kier molecular flexibility index (Phi) is 6.66. The van der Waals surface area contributed by atoms with E-state index in [0.717, 1.165) is 11.4 Å². The zero-order valence-electron chi connectivity index (χ0n) is 15.1. The first kappa shape index (κ1) is 19.5. The van der Waals surface area contributed by atoms with E-state index in [1.807, 2.05) is 31.3 Å². The van der Waals surface area contributed by atoms with Crippen LogP contribution in [0.1, 0.15) is 12.8 Å². The van der Waals surface area contributed by atoms with Gasteiger partial charge in [0, 0.05) is 44.8 Å². The molecule has 0 aliphatic carbocycles. The van der Waals surface area contributed by atoms with Crippen molar-refractivity contribution >= 4 is 21.6 Å². The van der Waals surface area contributed by atoms with E-state index in [4.69, 9.17) is 4.74 Å². The Balaban J connectivity index is 1.73. The zero-order chi connectivity index (χ0) is 18.4. The van der Waals surface area contributed by atoms with Crippen LogP contribution in [-0.4, -0.2) is 65.2 Å².